The van der Waals surface area contributed by atoms with Gasteiger partial charge in [-0.15, -0.1) is 0 Å². The Labute approximate surface area is 67.8 Å². The fraction of sp³-hybridized carbons (Fsp3) is 0.167. The third-order valence-corrected chi connectivity index (χ3v) is 1.23. The summed E-state index contributed by atoms with van der Waals surface area (Å²) in [6, 6.07) is 0. The van der Waals surface area contributed by atoms with E-state index < -0.39 is 11.7 Å². The van der Waals surface area contributed by atoms with Gasteiger partial charge in [-0.2, -0.15) is 0 Å². The van der Waals surface area contributed by atoms with Gasteiger partial charge in [-0.1, -0.05) is 0 Å². The lowest BCUT2D eigenvalue weighted by atomic mass is 10.3. The van der Waals surface area contributed by atoms with Gasteiger partial charge in [0, 0.05) is 0 Å². The van der Waals surface area contributed by atoms with Crippen LogP contribution in [0.25, 0.3) is 0 Å². The van der Waals surface area contributed by atoms with Crippen molar-refractivity contribution in [2.24, 2.45) is 5.84 Å². The van der Waals surface area contributed by atoms with Gasteiger partial charge in [0.15, 0.2) is 5.82 Å². The fourth-order valence-electron chi connectivity index (χ4n) is 0.671. The number of halogens is 1. The predicted molar refractivity (Wildman–Crippen MR) is 38.0 cm³/mol. The molecule has 1 rings (SSSR count). The van der Waals surface area contributed by atoms with E-state index in [2.05, 4.69) is 9.97 Å². The number of rotatable bonds is 2. The van der Waals surface area contributed by atoms with Crippen LogP contribution >= 0.6 is 0 Å². The Balaban J connectivity index is 2.75. The van der Waals surface area contributed by atoms with Crippen LogP contribution in [0, 0.1) is 5.82 Å². The smallest absolute Gasteiger partial charge is 0.240 e. The van der Waals surface area contributed by atoms with Crippen LogP contribution in [0.3, 0.4) is 0 Å². The topological polar surface area (TPSA) is 80.9 Å². The molecule has 0 atom stereocenters. The van der Waals surface area contributed by atoms with Crippen LogP contribution in [-0.2, 0) is 11.2 Å². The summed E-state index contributed by atoms with van der Waals surface area (Å²) in [7, 11) is 0. The molecule has 0 aromatic carbocycles. The second kappa shape index (κ2) is 3.72. The number of aromatic nitrogens is 2. The molecule has 1 aromatic heterocycles. The van der Waals surface area contributed by atoms with Crippen LogP contribution in [0.15, 0.2) is 12.5 Å². The van der Waals surface area contributed by atoms with Gasteiger partial charge in [0.25, 0.3) is 0 Å². The summed E-state index contributed by atoms with van der Waals surface area (Å²) in [6.07, 6.45) is 1.99. The minimum absolute atomic E-state index is 0.0351. The number of carbonyl (C=O) groups is 1. The number of nitrogens with zero attached hydrogens (tertiary/aromatic N) is 2. The van der Waals surface area contributed by atoms with Crippen molar-refractivity contribution in [2.75, 3.05) is 0 Å². The quantitative estimate of drug-likeness (QED) is 0.344. The summed E-state index contributed by atoms with van der Waals surface area (Å²) in [5.41, 5.74) is 1.91. The van der Waals surface area contributed by atoms with Crippen molar-refractivity contribution in [2.45, 2.75) is 6.42 Å². The van der Waals surface area contributed by atoms with Gasteiger partial charge in [-0.25, -0.2) is 20.2 Å². The molecule has 1 heterocycles. The van der Waals surface area contributed by atoms with Crippen LogP contribution in [0.4, 0.5) is 4.39 Å². The fourth-order valence-corrected chi connectivity index (χ4v) is 0.671. The molecule has 64 valence electrons. The van der Waals surface area contributed by atoms with Crippen molar-refractivity contribution in [1.82, 2.24) is 15.4 Å². The zero-order chi connectivity index (χ0) is 8.97. The Morgan fingerprint density at radius 3 is 3.08 bits per heavy atom. The maximum atomic E-state index is 12.7. The van der Waals surface area contributed by atoms with Crippen molar-refractivity contribution < 1.29 is 9.18 Å². The summed E-state index contributed by atoms with van der Waals surface area (Å²) in [4.78, 5) is 17.7. The van der Waals surface area contributed by atoms with E-state index in [9.17, 15) is 9.18 Å². The average Bonchev–Trinajstić information content (AvgIpc) is 2.09. The molecule has 0 radical (unpaired) electrons. The number of hydrogen-bond donors (Lipinski definition) is 2. The molecule has 0 aliphatic carbocycles. The van der Waals surface area contributed by atoms with Gasteiger partial charge in [0.05, 0.1) is 18.3 Å². The summed E-state index contributed by atoms with van der Waals surface area (Å²) >= 11 is 0. The Bertz CT molecular complexity index is 291. The lowest BCUT2D eigenvalue weighted by Crippen LogP contribution is -2.31. The van der Waals surface area contributed by atoms with Gasteiger partial charge in [-0.3, -0.25) is 10.2 Å². The van der Waals surface area contributed by atoms with Gasteiger partial charge in [-0.05, 0) is 0 Å². The lowest BCUT2D eigenvalue weighted by Gasteiger charge is -1.98. The SMILES string of the molecule is NNC(=O)Cc1ncncc1F. The summed E-state index contributed by atoms with van der Waals surface area (Å²) in [6.45, 7) is 0. The largest absolute Gasteiger partial charge is 0.294 e. The number of hydrogen-bond acceptors (Lipinski definition) is 4. The van der Waals surface area contributed by atoms with Crippen molar-refractivity contribution >= 4 is 5.91 Å². The molecule has 1 amide bonds. The first-order valence-corrected chi connectivity index (χ1v) is 3.18. The molecule has 0 unspecified atom stereocenters. The maximum absolute atomic E-state index is 12.7. The minimum atomic E-state index is -0.610. The van der Waals surface area contributed by atoms with Gasteiger partial charge < -0.3 is 0 Å². The molecule has 0 saturated carbocycles. The van der Waals surface area contributed by atoms with Crippen LogP contribution in [0.5, 0.6) is 0 Å². The van der Waals surface area contributed by atoms with Crippen LogP contribution in [-0.4, -0.2) is 15.9 Å². The number of amides is 1. The third kappa shape index (κ3) is 1.96. The molecule has 0 fully saturated rings. The highest BCUT2D eigenvalue weighted by Gasteiger charge is 2.07. The number of nitrogens with one attached hydrogen (secondary N) is 1. The van der Waals surface area contributed by atoms with E-state index in [4.69, 9.17) is 5.84 Å². The van der Waals surface area contributed by atoms with Gasteiger partial charge >= 0.3 is 0 Å². The molecule has 1 aromatic rings. The van der Waals surface area contributed by atoms with Crippen molar-refractivity contribution in [3.8, 4) is 0 Å². The first-order chi connectivity index (χ1) is 5.74. The Hall–Kier alpha value is -1.56. The minimum Gasteiger partial charge on any atom is -0.294 e. The third-order valence-electron chi connectivity index (χ3n) is 1.23. The molecule has 0 aliphatic rings. The Kier molecular flexibility index (Phi) is 2.65. The first kappa shape index (κ1) is 8.54. The second-order valence-electron chi connectivity index (χ2n) is 2.06. The predicted octanol–water partition coefficient (Wildman–Crippen LogP) is -0.852. The zero-order valence-electron chi connectivity index (χ0n) is 6.12. The lowest BCUT2D eigenvalue weighted by molar-refractivity contribution is -0.120. The molecule has 5 nitrogen and oxygen atoms in total. The van der Waals surface area contributed by atoms with Gasteiger partial charge in [0.1, 0.15) is 6.33 Å². The monoisotopic (exact) mass is 170 g/mol. The highest BCUT2D eigenvalue weighted by atomic mass is 19.1. The highest BCUT2D eigenvalue weighted by molar-refractivity contribution is 5.77. The van der Waals surface area contributed by atoms with Crippen molar-refractivity contribution in [1.29, 1.82) is 0 Å². The normalized spacial score (nSPS) is 9.50. The highest BCUT2D eigenvalue weighted by Crippen LogP contribution is 2.00. The number of nitrogens with two attached hydrogens (primary N) is 1. The van der Waals surface area contributed by atoms with Crippen LogP contribution in [0.1, 0.15) is 5.69 Å². The summed E-state index contributed by atoms with van der Waals surface area (Å²) < 4.78 is 12.7. The Morgan fingerprint density at radius 2 is 2.50 bits per heavy atom. The zero-order valence-corrected chi connectivity index (χ0v) is 6.12. The number of carbonyl (C=O) groups excluding carboxylic acids is 1. The molecule has 3 N–H and O–H groups in total. The van der Waals surface area contributed by atoms with Crippen LogP contribution in [0.2, 0.25) is 0 Å². The van der Waals surface area contributed by atoms with E-state index in [1.807, 2.05) is 5.43 Å². The van der Waals surface area contributed by atoms with E-state index in [1.165, 1.54) is 6.33 Å². The van der Waals surface area contributed by atoms with E-state index in [1.54, 1.807) is 0 Å². The van der Waals surface area contributed by atoms with Crippen LogP contribution < -0.4 is 11.3 Å². The molecule has 12 heavy (non-hydrogen) atoms. The Morgan fingerprint density at radius 1 is 1.75 bits per heavy atom. The van der Waals surface area contributed by atoms with E-state index >= 15 is 0 Å². The molecule has 0 aliphatic heterocycles. The van der Waals surface area contributed by atoms with E-state index in [0.29, 0.717) is 0 Å². The van der Waals surface area contributed by atoms with Crippen molar-refractivity contribution in [3.63, 3.8) is 0 Å². The summed E-state index contributed by atoms with van der Waals surface area (Å²) in [5.74, 6) is 3.70. The van der Waals surface area contributed by atoms with E-state index in [-0.39, 0.29) is 12.1 Å². The molecule has 6 heteroatoms. The first-order valence-electron chi connectivity index (χ1n) is 3.18. The number of hydrazine groups is 1. The van der Waals surface area contributed by atoms with Gasteiger partial charge in [0.2, 0.25) is 5.91 Å². The molecular formula is C6H7FN4O. The average molecular weight is 170 g/mol. The van der Waals surface area contributed by atoms with E-state index in [0.717, 1.165) is 6.20 Å². The molecular weight excluding hydrogens is 163 g/mol. The summed E-state index contributed by atoms with van der Waals surface area (Å²) in [5, 5.41) is 0. The second-order valence-corrected chi connectivity index (χ2v) is 2.06. The maximum Gasteiger partial charge on any atom is 0.240 e. The molecule has 0 spiro atoms. The molecule has 0 saturated heterocycles. The molecule has 0 bridgehead atoms. The van der Waals surface area contributed by atoms with Crippen molar-refractivity contribution in [3.05, 3.63) is 24.0 Å². The standard InChI is InChI=1S/C6H7FN4O/c7-4-2-9-3-10-5(4)1-6(12)11-8/h2-3H,1,8H2,(H,11,12).